The smallest absolute Gasteiger partial charge is 0.325 e. The van der Waals surface area contributed by atoms with Crippen LogP contribution >= 0.6 is 11.6 Å². The molecule has 9 heteroatoms. The Morgan fingerprint density at radius 1 is 1.03 bits per heavy atom. The molecule has 4 amide bonds. The number of hydrogen-bond donors (Lipinski definition) is 2. The van der Waals surface area contributed by atoms with Crippen LogP contribution in [-0.4, -0.2) is 67.5 Å². The molecular weight excluding hydrogens is 420 g/mol. The Morgan fingerprint density at radius 3 is 2.52 bits per heavy atom. The van der Waals surface area contributed by atoms with Gasteiger partial charge in [0.15, 0.2) is 0 Å². The quantitative estimate of drug-likeness (QED) is 0.740. The van der Waals surface area contributed by atoms with Crippen molar-refractivity contribution in [3.8, 4) is 5.75 Å². The van der Waals surface area contributed by atoms with Crippen molar-refractivity contribution < 1.29 is 19.1 Å². The number of rotatable bonds is 5. The zero-order valence-electron chi connectivity index (χ0n) is 17.3. The number of anilines is 1. The molecule has 0 spiro atoms. The second-order valence-electron chi connectivity index (χ2n) is 7.16. The maximum Gasteiger partial charge on any atom is 0.325 e. The fraction of sp³-hybridized carbons (Fsp3) is 0.318. The van der Waals surface area contributed by atoms with Crippen LogP contribution in [0.2, 0.25) is 5.02 Å². The van der Waals surface area contributed by atoms with E-state index in [4.69, 9.17) is 16.3 Å². The SMILES string of the molecule is COc1ccc(NC(=O)NC(=O)CN2CCCN(C(=O)c3cccc(Cl)c3)CC2)cc1. The number of carbonyl (C=O) groups is 3. The highest BCUT2D eigenvalue weighted by Crippen LogP contribution is 2.15. The van der Waals surface area contributed by atoms with Gasteiger partial charge in [0.2, 0.25) is 5.91 Å². The summed E-state index contributed by atoms with van der Waals surface area (Å²) in [7, 11) is 1.56. The lowest BCUT2D eigenvalue weighted by molar-refractivity contribution is -0.121. The average molecular weight is 445 g/mol. The van der Waals surface area contributed by atoms with Gasteiger partial charge in [-0.15, -0.1) is 0 Å². The molecule has 0 aromatic heterocycles. The van der Waals surface area contributed by atoms with Crippen LogP contribution in [-0.2, 0) is 4.79 Å². The highest BCUT2D eigenvalue weighted by atomic mass is 35.5. The van der Waals surface area contributed by atoms with Crippen molar-refractivity contribution >= 4 is 35.1 Å². The molecule has 8 nitrogen and oxygen atoms in total. The number of nitrogens with zero attached hydrogens (tertiary/aromatic N) is 2. The standard InChI is InChI=1S/C22H25ClN4O4/c1-31-19-8-6-18(7-9-19)24-22(30)25-20(28)15-26-10-3-11-27(13-12-26)21(29)16-4-2-5-17(23)14-16/h2,4-9,14H,3,10-13,15H2,1H3,(H2,24,25,28,30). The summed E-state index contributed by atoms with van der Waals surface area (Å²) in [5, 5.41) is 5.46. The molecule has 0 saturated carbocycles. The summed E-state index contributed by atoms with van der Waals surface area (Å²) in [5.74, 6) is 0.194. The number of halogens is 1. The minimum atomic E-state index is -0.595. The molecule has 2 aromatic rings. The van der Waals surface area contributed by atoms with Gasteiger partial charge in [0.05, 0.1) is 13.7 Å². The van der Waals surface area contributed by atoms with Crippen LogP contribution < -0.4 is 15.4 Å². The van der Waals surface area contributed by atoms with Crippen LogP contribution in [0.4, 0.5) is 10.5 Å². The second kappa shape index (κ2) is 10.8. The van der Waals surface area contributed by atoms with Gasteiger partial charge in [-0.2, -0.15) is 0 Å². The highest BCUT2D eigenvalue weighted by molar-refractivity contribution is 6.30. The minimum Gasteiger partial charge on any atom is -0.497 e. The van der Waals surface area contributed by atoms with Crippen LogP contribution in [0.15, 0.2) is 48.5 Å². The summed E-state index contributed by atoms with van der Waals surface area (Å²) >= 11 is 5.99. The molecule has 1 aliphatic rings. The summed E-state index contributed by atoms with van der Waals surface area (Å²) in [6.07, 6.45) is 0.734. The molecule has 0 aliphatic carbocycles. The van der Waals surface area contributed by atoms with Gasteiger partial charge >= 0.3 is 6.03 Å². The Kier molecular flexibility index (Phi) is 7.86. The van der Waals surface area contributed by atoms with Gasteiger partial charge in [0.1, 0.15) is 5.75 Å². The number of ether oxygens (including phenoxy) is 1. The van der Waals surface area contributed by atoms with E-state index in [1.807, 2.05) is 4.90 Å². The Morgan fingerprint density at radius 2 is 1.81 bits per heavy atom. The zero-order valence-corrected chi connectivity index (χ0v) is 18.0. The fourth-order valence-corrected chi connectivity index (χ4v) is 3.53. The van der Waals surface area contributed by atoms with E-state index >= 15 is 0 Å². The van der Waals surface area contributed by atoms with Gasteiger partial charge in [-0.1, -0.05) is 17.7 Å². The van der Waals surface area contributed by atoms with Crippen molar-refractivity contribution in [3.05, 3.63) is 59.1 Å². The Bertz CT molecular complexity index is 935. The van der Waals surface area contributed by atoms with E-state index in [1.54, 1.807) is 60.5 Å². The third-order valence-corrected chi connectivity index (χ3v) is 5.15. The fourth-order valence-electron chi connectivity index (χ4n) is 3.34. The molecule has 2 N–H and O–H groups in total. The predicted octanol–water partition coefficient (Wildman–Crippen LogP) is 2.84. The average Bonchev–Trinajstić information content (AvgIpc) is 2.99. The van der Waals surface area contributed by atoms with E-state index in [0.29, 0.717) is 48.2 Å². The van der Waals surface area contributed by atoms with Gasteiger partial charge in [-0.3, -0.25) is 19.8 Å². The first-order valence-electron chi connectivity index (χ1n) is 9.96. The van der Waals surface area contributed by atoms with E-state index in [1.165, 1.54) is 0 Å². The first-order valence-corrected chi connectivity index (χ1v) is 10.3. The van der Waals surface area contributed by atoms with Gasteiger partial charge in [-0.25, -0.2) is 4.79 Å². The van der Waals surface area contributed by atoms with Gasteiger partial charge in [0, 0.05) is 42.5 Å². The first-order chi connectivity index (χ1) is 14.9. The Labute approximate surface area is 186 Å². The predicted molar refractivity (Wildman–Crippen MR) is 119 cm³/mol. The highest BCUT2D eigenvalue weighted by Gasteiger charge is 2.22. The molecule has 0 radical (unpaired) electrons. The van der Waals surface area contributed by atoms with E-state index < -0.39 is 11.9 Å². The van der Waals surface area contributed by atoms with Crippen LogP contribution in [0.25, 0.3) is 0 Å². The van der Waals surface area contributed by atoms with Gasteiger partial charge in [0.25, 0.3) is 5.91 Å². The number of imide groups is 1. The molecule has 1 aliphatic heterocycles. The number of nitrogens with one attached hydrogen (secondary N) is 2. The lowest BCUT2D eigenvalue weighted by Crippen LogP contribution is -2.43. The van der Waals surface area contributed by atoms with Crippen LogP contribution in [0, 0.1) is 0 Å². The van der Waals surface area contributed by atoms with Crippen LogP contribution in [0.3, 0.4) is 0 Å². The molecule has 1 heterocycles. The van der Waals surface area contributed by atoms with Gasteiger partial charge in [-0.05, 0) is 48.9 Å². The largest absolute Gasteiger partial charge is 0.497 e. The summed E-state index contributed by atoms with van der Waals surface area (Å²) < 4.78 is 5.07. The topological polar surface area (TPSA) is 91.0 Å². The maximum atomic E-state index is 12.7. The van der Waals surface area contributed by atoms with Crippen molar-refractivity contribution in [2.45, 2.75) is 6.42 Å². The van der Waals surface area contributed by atoms with Crippen LogP contribution in [0.5, 0.6) is 5.75 Å². The number of urea groups is 1. The summed E-state index contributed by atoms with van der Waals surface area (Å²) in [6.45, 7) is 2.37. The molecule has 2 aromatic carbocycles. The molecule has 1 saturated heterocycles. The number of hydrogen-bond acceptors (Lipinski definition) is 5. The van der Waals surface area contributed by atoms with Crippen molar-refractivity contribution in [1.82, 2.24) is 15.1 Å². The van der Waals surface area contributed by atoms with E-state index in [2.05, 4.69) is 10.6 Å². The maximum absolute atomic E-state index is 12.7. The number of methoxy groups -OCH3 is 1. The number of amides is 4. The lowest BCUT2D eigenvalue weighted by Gasteiger charge is -2.22. The van der Waals surface area contributed by atoms with Crippen molar-refractivity contribution in [2.24, 2.45) is 0 Å². The van der Waals surface area contributed by atoms with E-state index in [-0.39, 0.29) is 12.5 Å². The van der Waals surface area contributed by atoms with Gasteiger partial charge < -0.3 is 15.0 Å². The molecule has 3 rings (SSSR count). The molecule has 0 atom stereocenters. The second-order valence-corrected chi connectivity index (χ2v) is 7.60. The van der Waals surface area contributed by atoms with Crippen molar-refractivity contribution in [1.29, 1.82) is 0 Å². The zero-order chi connectivity index (χ0) is 22.2. The monoisotopic (exact) mass is 444 g/mol. The number of benzene rings is 2. The number of carbonyl (C=O) groups excluding carboxylic acids is 3. The molecule has 1 fully saturated rings. The minimum absolute atomic E-state index is 0.0762. The summed E-state index contributed by atoms with van der Waals surface area (Å²) in [4.78, 5) is 40.7. The third kappa shape index (κ3) is 6.70. The molecule has 164 valence electrons. The summed E-state index contributed by atoms with van der Waals surface area (Å²) in [5.41, 5.74) is 1.10. The first kappa shape index (κ1) is 22.6. The van der Waals surface area contributed by atoms with E-state index in [9.17, 15) is 14.4 Å². The Balaban J connectivity index is 1.46. The molecule has 0 bridgehead atoms. The van der Waals surface area contributed by atoms with Crippen LogP contribution in [0.1, 0.15) is 16.8 Å². The molecule has 31 heavy (non-hydrogen) atoms. The molecule has 0 unspecified atom stereocenters. The normalized spacial score (nSPS) is 14.5. The molecular formula is C22H25ClN4O4. The summed E-state index contributed by atoms with van der Waals surface area (Å²) in [6, 6.07) is 13.1. The third-order valence-electron chi connectivity index (χ3n) is 4.92. The van der Waals surface area contributed by atoms with Crippen molar-refractivity contribution in [2.75, 3.05) is 45.2 Å². The Hall–Kier alpha value is -3.10. The van der Waals surface area contributed by atoms with Crippen molar-refractivity contribution in [3.63, 3.8) is 0 Å². The lowest BCUT2D eigenvalue weighted by atomic mass is 10.2. The van der Waals surface area contributed by atoms with E-state index in [0.717, 1.165) is 6.42 Å².